The van der Waals surface area contributed by atoms with Crippen LogP contribution >= 0.6 is 0 Å². The number of halogens is 1. The monoisotopic (exact) mass is 512 g/mol. The number of sulfonamides is 1. The van der Waals surface area contributed by atoms with Crippen LogP contribution in [0.3, 0.4) is 0 Å². The van der Waals surface area contributed by atoms with Crippen molar-refractivity contribution in [2.24, 2.45) is 5.10 Å². The smallest absolute Gasteiger partial charge is 0.260 e. The molecule has 0 bridgehead atoms. The largest absolute Gasteiger partial charge is 0.484 e. The number of hydrazone groups is 1. The zero-order chi connectivity index (χ0) is 26.0. The first-order valence-electron chi connectivity index (χ1n) is 10.8. The third-order valence-electron chi connectivity index (χ3n) is 4.79. The molecule has 0 aliphatic rings. The van der Waals surface area contributed by atoms with E-state index in [1.807, 2.05) is 30.3 Å². The maximum absolute atomic E-state index is 14.0. The molecule has 0 atom stereocenters. The van der Waals surface area contributed by atoms with Crippen LogP contribution in [-0.4, -0.2) is 45.9 Å². The van der Waals surface area contributed by atoms with Crippen molar-refractivity contribution in [2.75, 3.05) is 23.7 Å². The number of nitrogens with zero attached hydrogens (tertiary/aromatic N) is 2. The lowest BCUT2D eigenvalue weighted by Crippen LogP contribution is -2.39. The molecule has 2 amide bonds. The highest BCUT2D eigenvalue weighted by molar-refractivity contribution is 7.92. The highest BCUT2D eigenvalue weighted by Gasteiger charge is 2.23. The van der Waals surface area contributed by atoms with E-state index >= 15 is 0 Å². The Bertz CT molecular complexity index is 1320. The van der Waals surface area contributed by atoms with Gasteiger partial charge in [0.05, 0.1) is 18.2 Å². The van der Waals surface area contributed by atoms with E-state index in [1.54, 1.807) is 24.3 Å². The SMILES string of the molecule is CS(=O)(=O)N(CC(=O)N/N=C\c1ccc(OCC(=O)NCc2ccccc2)cc1)c1ccccc1F. The second-order valence-electron chi connectivity index (χ2n) is 7.63. The number of benzene rings is 3. The van der Waals surface area contributed by atoms with Crippen LogP contribution in [0.2, 0.25) is 0 Å². The Balaban J connectivity index is 1.47. The third kappa shape index (κ3) is 8.20. The van der Waals surface area contributed by atoms with Crippen LogP contribution in [0.4, 0.5) is 10.1 Å². The van der Waals surface area contributed by atoms with Crippen LogP contribution in [0.5, 0.6) is 5.75 Å². The first-order chi connectivity index (χ1) is 17.2. The van der Waals surface area contributed by atoms with Gasteiger partial charge in [0, 0.05) is 6.54 Å². The molecule has 0 heterocycles. The molecule has 0 aliphatic heterocycles. The fourth-order valence-corrected chi connectivity index (χ4v) is 3.88. The molecule has 3 aromatic rings. The standard InChI is InChI=1S/C25H25FN4O5S/c1-36(33,34)30(23-10-6-5-9-22(23)26)17-24(31)29-28-16-20-11-13-21(14-12-20)35-18-25(32)27-15-19-7-3-2-4-8-19/h2-14,16H,15,17-18H2,1H3,(H,27,32)(H,29,31)/b28-16-. The van der Waals surface area contributed by atoms with E-state index in [0.717, 1.165) is 17.9 Å². The average molecular weight is 513 g/mol. The maximum Gasteiger partial charge on any atom is 0.260 e. The van der Waals surface area contributed by atoms with Crippen molar-refractivity contribution < 1.29 is 27.1 Å². The number of rotatable bonds is 11. The molecule has 3 rings (SSSR count). The van der Waals surface area contributed by atoms with Gasteiger partial charge in [-0.05, 0) is 47.5 Å². The lowest BCUT2D eigenvalue weighted by Gasteiger charge is -2.21. The third-order valence-corrected chi connectivity index (χ3v) is 5.92. The van der Waals surface area contributed by atoms with Gasteiger partial charge in [-0.15, -0.1) is 0 Å². The van der Waals surface area contributed by atoms with Gasteiger partial charge in [0.25, 0.3) is 11.8 Å². The van der Waals surface area contributed by atoms with E-state index in [-0.39, 0.29) is 18.2 Å². The molecule has 11 heteroatoms. The normalized spacial score (nSPS) is 11.2. The minimum absolute atomic E-state index is 0.144. The highest BCUT2D eigenvalue weighted by Crippen LogP contribution is 2.21. The fraction of sp³-hybridized carbons (Fsp3) is 0.160. The van der Waals surface area contributed by atoms with Gasteiger partial charge >= 0.3 is 0 Å². The summed E-state index contributed by atoms with van der Waals surface area (Å²) < 4.78 is 44.3. The number of amides is 2. The first kappa shape index (κ1) is 26.4. The zero-order valence-corrected chi connectivity index (χ0v) is 20.2. The molecule has 0 spiro atoms. The molecule has 0 saturated carbocycles. The predicted molar refractivity (Wildman–Crippen MR) is 135 cm³/mol. The topological polar surface area (TPSA) is 117 Å². The number of para-hydroxylation sites is 1. The van der Waals surface area contributed by atoms with Gasteiger partial charge in [0.1, 0.15) is 18.1 Å². The van der Waals surface area contributed by atoms with Gasteiger partial charge in [-0.2, -0.15) is 5.10 Å². The molecule has 0 saturated heterocycles. The van der Waals surface area contributed by atoms with Gasteiger partial charge < -0.3 is 10.1 Å². The molecule has 3 aromatic carbocycles. The average Bonchev–Trinajstić information content (AvgIpc) is 2.86. The van der Waals surface area contributed by atoms with Gasteiger partial charge in [-0.25, -0.2) is 18.2 Å². The van der Waals surface area contributed by atoms with Crippen LogP contribution in [0.1, 0.15) is 11.1 Å². The number of nitrogens with one attached hydrogen (secondary N) is 2. The van der Waals surface area contributed by atoms with Gasteiger partial charge in [-0.1, -0.05) is 42.5 Å². The number of carbonyl (C=O) groups excluding carboxylic acids is 2. The van der Waals surface area contributed by atoms with Crippen molar-refractivity contribution >= 4 is 33.7 Å². The quantitative estimate of drug-likeness (QED) is 0.302. The Morgan fingerprint density at radius 3 is 2.31 bits per heavy atom. The molecule has 0 radical (unpaired) electrons. The number of hydrogen-bond acceptors (Lipinski definition) is 6. The number of ether oxygens (including phenoxy) is 1. The molecule has 188 valence electrons. The molecular weight excluding hydrogens is 487 g/mol. The van der Waals surface area contributed by atoms with E-state index in [9.17, 15) is 22.4 Å². The van der Waals surface area contributed by atoms with E-state index in [0.29, 0.717) is 22.2 Å². The Morgan fingerprint density at radius 1 is 0.972 bits per heavy atom. The molecular formula is C25H25FN4O5S. The van der Waals surface area contributed by atoms with Crippen molar-refractivity contribution in [1.29, 1.82) is 0 Å². The summed E-state index contributed by atoms with van der Waals surface area (Å²) in [6.45, 7) is -0.377. The highest BCUT2D eigenvalue weighted by atomic mass is 32.2. The van der Waals surface area contributed by atoms with Crippen LogP contribution in [0, 0.1) is 5.82 Å². The summed E-state index contributed by atoms with van der Waals surface area (Å²) in [5.41, 5.74) is 3.59. The maximum atomic E-state index is 14.0. The first-order valence-corrected chi connectivity index (χ1v) is 12.6. The predicted octanol–water partition coefficient (Wildman–Crippen LogP) is 2.44. The Labute approximate surface area is 208 Å². The van der Waals surface area contributed by atoms with Crippen molar-refractivity contribution in [3.63, 3.8) is 0 Å². The van der Waals surface area contributed by atoms with Crippen molar-refractivity contribution in [3.05, 3.63) is 95.8 Å². The zero-order valence-electron chi connectivity index (χ0n) is 19.4. The summed E-state index contributed by atoms with van der Waals surface area (Å²) in [5, 5.41) is 6.57. The van der Waals surface area contributed by atoms with Crippen LogP contribution in [0.25, 0.3) is 0 Å². The molecule has 9 nitrogen and oxygen atoms in total. The number of hydrogen-bond donors (Lipinski definition) is 2. The van der Waals surface area contributed by atoms with E-state index in [1.165, 1.54) is 24.4 Å². The molecule has 2 N–H and O–H groups in total. The second-order valence-corrected chi connectivity index (χ2v) is 9.54. The minimum atomic E-state index is -3.91. The van der Waals surface area contributed by atoms with Crippen LogP contribution in [0.15, 0.2) is 84.0 Å². The van der Waals surface area contributed by atoms with Crippen molar-refractivity contribution in [3.8, 4) is 5.75 Å². The lowest BCUT2D eigenvalue weighted by atomic mass is 10.2. The molecule has 0 aromatic heterocycles. The summed E-state index contributed by atoms with van der Waals surface area (Å²) in [6.07, 6.45) is 2.23. The van der Waals surface area contributed by atoms with Gasteiger partial charge in [0.2, 0.25) is 10.0 Å². The Hall–Kier alpha value is -4.25. The van der Waals surface area contributed by atoms with Crippen LogP contribution < -0.4 is 19.8 Å². The summed E-state index contributed by atoms with van der Waals surface area (Å²) >= 11 is 0. The molecule has 36 heavy (non-hydrogen) atoms. The summed E-state index contributed by atoms with van der Waals surface area (Å²) in [5.74, 6) is -1.30. The second kappa shape index (κ2) is 12.5. The summed E-state index contributed by atoms with van der Waals surface area (Å²) in [6, 6.07) is 21.4. The fourth-order valence-electron chi connectivity index (χ4n) is 3.03. The molecule has 0 aliphatic carbocycles. The number of anilines is 1. The van der Waals surface area contributed by atoms with Gasteiger partial charge in [0.15, 0.2) is 6.61 Å². The number of carbonyl (C=O) groups is 2. The Morgan fingerprint density at radius 2 is 1.64 bits per heavy atom. The minimum Gasteiger partial charge on any atom is -0.484 e. The van der Waals surface area contributed by atoms with E-state index in [4.69, 9.17) is 4.74 Å². The van der Waals surface area contributed by atoms with Crippen LogP contribution in [-0.2, 0) is 26.2 Å². The summed E-state index contributed by atoms with van der Waals surface area (Å²) in [4.78, 5) is 24.2. The van der Waals surface area contributed by atoms with Crippen molar-refractivity contribution in [2.45, 2.75) is 6.54 Å². The van der Waals surface area contributed by atoms with Gasteiger partial charge in [-0.3, -0.25) is 13.9 Å². The molecule has 0 unspecified atom stereocenters. The summed E-state index contributed by atoms with van der Waals surface area (Å²) in [7, 11) is -3.91. The Kier molecular flexibility index (Phi) is 9.12. The van der Waals surface area contributed by atoms with E-state index < -0.39 is 28.3 Å². The molecule has 0 fully saturated rings. The van der Waals surface area contributed by atoms with E-state index in [2.05, 4.69) is 15.8 Å². The lowest BCUT2D eigenvalue weighted by molar-refractivity contribution is -0.123. The van der Waals surface area contributed by atoms with Crippen molar-refractivity contribution in [1.82, 2.24) is 10.7 Å².